The quantitative estimate of drug-likeness (QED) is 0.661. The van der Waals surface area contributed by atoms with E-state index in [-0.39, 0.29) is 12.3 Å². The minimum absolute atomic E-state index is 0.0764. The van der Waals surface area contributed by atoms with E-state index in [1.165, 1.54) is 0 Å². The summed E-state index contributed by atoms with van der Waals surface area (Å²) in [6, 6.07) is 12.8. The van der Waals surface area contributed by atoms with Gasteiger partial charge in [0.1, 0.15) is 18.1 Å². The number of ether oxygens (including phenoxy) is 4. The molecule has 0 spiro atoms. The Morgan fingerprint density at radius 2 is 1.58 bits per heavy atom. The molecule has 0 saturated carbocycles. The summed E-state index contributed by atoms with van der Waals surface area (Å²) in [4.78, 5) is 12.0. The molecule has 0 aliphatic carbocycles. The largest absolute Gasteiger partial charge is 0.494 e. The predicted octanol–water partition coefficient (Wildman–Crippen LogP) is 2.84. The van der Waals surface area contributed by atoms with Crippen molar-refractivity contribution in [1.82, 2.24) is 5.32 Å². The molecule has 0 unspecified atom stereocenters. The van der Waals surface area contributed by atoms with Gasteiger partial charge in [-0.2, -0.15) is 0 Å². The first-order valence-electron chi connectivity index (χ1n) is 8.49. The van der Waals surface area contributed by atoms with Gasteiger partial charge < -0.3 is 24.3 Å². The topological polar surface area (TPSA) is 66.0 Å². The van der Waals surface area contributed by atoms with E-state index in [9.17, 15) is 4.79 Å². The van der Waals surface area contributed by atoms with E-state index in [2.05, 4.69) is 5.32 Å². The van der Waals surface area contributed by atoms with Gasteiger partial charge in [-0.25, -0.2) is 0 Å². The Bertz CT molecular complexity index is 700. The molecule has 1 amide bonds. The highest BCUT2D eigenvalue weighted by molar-refractivity contribution is 5.78. The van der Waals surface area contributed by atoms with E-state index in [1.807, 2.05) is 37.3 Å². The van der Waals surface area contributed by atoms with Crippen LogP contribution in [-0.2, 0) is 11.2 Å². The molecular weight excluding hydrogens is 334 g/mol. The number of benzene rings is 2. The molecule has 26 heavy (non-hydrogen) atoms. The number of methoxy groups -OCH3 is 2. The van der Waals surface area contributed by atoms with Gasteiger partial charge in [0.25, 0.3) is 0 Å². The first-order valence-corrected chi connectivity index (χ1v) is 8.49. The predicted molar refractivity (Wildman–Crippen MR) is 99.4 cm³/mol. The van der Waals surface area contributed by atoms with Gasteiger partial charge in [0, 0.05) is 0 Å². The Morgan fingerprint density at radius 1 is 0.923 bits per heavy atom. The van der Waals surface area contributed by atoms with Crippen LogP contribution in [0.4, 0.5) is 0 Å². The van der Waals surface area contributed by atoms with Crippen LogP contribution in [-0.4, -0.2) is 39.9 Å². The van der Waals surface area contributed by atoms with Gasteiger partial charge in [0.2, 0.25) is 5.91 Å². The Labute approximate surface area is 154 Å². The molecule has 0 aliphatic rings. The number of hydrogen-bond acceptors (Lipinski definition) is 5. The number of nitrogens with one attached hydrogen (secondary N) is 1. The van der Waals surface area contributed by atoms with Gasteiger partial charge >= 0.3 is 0 Å². The number of carbonyl (C=O) groups is 1. The molecule has 0 fully saturated rings. The minimum atomic E-state index is -0.0764. The van der Waals surface area contributed by atoms with Crippen molar-refractivity contribution in [2.45, 2.75) is 13.3 Å². The molecule has 0 atom stereocenters. The van der Waals surface area contributed by atoms with Crippen molar-refractivity contribution < 1.29 is 23.7 Å². The van der Waals surface area contributed by atoms with Crippen LogP contribution in [0.5, 0.6) is 23.0 Å². The number of amides is 1. The molecule has 0 aliphatic heterocycles. The molecule has 6 nitrogen and oxygen atoms in total. The zero-order chi connectivity index (χ0) is 18.8. The molecule has 0 bridgehead atoms. The second kappa shape index (κ2) is 10.2. The highest BCUT2D eigenvalue weighted by Gasteiger charge is 2.08. The average molecular weight is 359 g/mol. The summed E-state index contributed by atoms with van der Waals surface area (Å²) < 4.78 is 21.4. The SMILES string of the molecule is CCOc1ccc(OCCNC(=O)Cc2ccc(OC)c(OC)c2)cc1. The van der Waals surface area contributed by atoms with E-state index in [0.717, 1.165) is 17.1 Å². The minimum Gasteiger partial charge on any atom is -0.494 e. The van der Waals surface area contributed by atoms with Crippen LogP contribution in [0, 0.1) is 0 Å². The summed E-state index contributed by atoms with van der Waals surface area (Å²) in [7, 11) is 3.15. The van der Waals surface area contributed by atoms with Crippen molar-refractivity contribution in [3.05, 3.63) is 48.0 Å². The van der Waals surface area contributed by atoms with Gasteiger partial charge in [-0.15, -0.1) is 0 Å². The normalized spacial score (nSPS) is 10.1. The maximum absolute atomic E-state index is 12.0. The summed E-state index contributed by atoms with van der Waals surface area (Å²) >= 11 is 0. The molecule has 0 aromatic heterocycles. The van der Waals surface area contributed by atoms with Crippen LogP contribution in [0.3, 0.4) is 0 Å². The van der Waals surface area contributed by atoms with Crippen molar-refractivity contribution in [1.29, 1.82) is 0 Å². The highest BCUT2D eigenvalue weighted by Crippen LogP contribution is 2.27. The monoisotopic (exact) mass is 359 g/mol. The molecule has 6 heteroatoms. The summed E-state index contributed by atoms with van der Waals surface area (Å²) in [5.74, 6) is 2.72. The van der Waals surface area contributed by atoms with Crippen LogP contribution in [0.15, 0.2) is 42.5 Å². The molecule has 0 saturated heterocycles. The fourth-order valence-corrected chi connectivity index (χ4v) is 2.40. The lowest BCUT2D eigenvalue weighted by atomic mass is 10.1. The lowest BCUT2D eigenvalue weighted by Gasteiger charge is -2.10. The lowest BCUT2D eigenvalue weighted by Crippen LogP contribution is -2.29. The highest BCUT2D eigenvalue weighted by atomic mass is 16.5. The van der Waals surface area contributed by atoms with Gasteiger partial charge in [-0.05, 0) is 48.9 Å². The first-order chi connectivity index (χ1) is 12.7. The number of carbonyl (C=O) groups excluding carboxylic acids is 1. The number of hydrogen-bond donors (Lipinski definition) is 1. The molecular formula is C20H25NO5. The Kier molecular flexibility index (Phi) is 7.61. The zero-order valence-corrected chi connectivity index (χ0v) is 15.4. The Morgan fingerprint density at radius 3 is 2.19 bits per heavy atom. The van der Waals surface area contributed by atoms with Crippen LogP contribution in [0.1, 0.15) is 12.5 Å². The van der Waals surface area contributed by atoms with E-state index in [0.29, 0.717) is 31.3 Å². The van der Waals surface area contributed by atoms with Gasteiger partial charge in [-0.1, -0.05) is 6.07 Å². The molecule has 2 aromatic rings. The van der Waals surface area contributed by atoms with Crippen molar-refractivity contribution in [2.75, 3.05) is 34.0 Å². The summed E-state index contributed by atoms with van der Waals surface area (Å²) in [5.41, 5.74) is 0.854. The molecule has 2 rings (SSSR count). The molecule has 140 valence electrons. The van der Waals surface area contributed by atoms with E-state index < -0.39 is 0 Å². The first kappa shape index (κ1) is 19.4. The van der Waals surface area contributed by atoms with Gasteiger partial charge in [0.15, 0.2) is 11.5 Å². The van der Waals surface area contributed by atoms with E-state index >= 15 is 0 Å². The maximum Gasteiger partial charge on any atom is 0.224 e. The third-order valence-electron chi connectivity index (χ3n) is 3.64. The van der Waals surface area contributed by atoms with Crippen molar-refractivity contribution >= 4 is 5.91 Å². The fraction of sp³-hybridized carbons (Fsp3) is 0.350. The molecule has 0 radical (unpaired) electrons. The van der Waals surface area contributed by atoms with E-state index in [4.69, 9.17) is 18.9 Å². The lowest BCUT2D eigenvalue weighted by molar-refractivity contribution is -0.120. The third-order valence-corrected chi connectivity index (χ3v) is 3.64. The van der Waals surface area contributed by atoms with Gasteiger partial charge in [-0.3, -0.25) is 4.79 Å². The molecule has 2 aromatic carbocycles. The van der Waals surface area contributed by atoms with E-state index in [1.54, 1.807) is 26.4 Å². The Balaban J connectivity index is 1.73. The Hall–Kier alpha value is -2.89. The van der Waals surface area contributed by atoms with Crippen LogP contribution >= 0.6 is 0 Å². The van der Waals surface area contributed by atoms with Crippen molar-refractivity contribution in [3.63, 3.8) is 0 Å². The van der Waals surface area contributed by atoms with Crippen molar-refractivity contribution in [3.8, 4) is 23.0 Å². The van der Waals surface area contributed by atoms with Crippen LogP contribution in [0.25, 0.3) is 0 Å². The summed E-state index contributed by atoms with van der Waals surface area (Å²) in [6.07, 6.45) is 0.267. The smallest absolute Gasteiger partial charge is 0.224 e. The summed E-state index contributed by atoms with van der Waals surface area (Å²) in [5, 5.41) is 2.84. The van der Waals surface area contributed by atoms with Gasteiger partial charge in [0.05, 0.1) is 33.8 Å². The zero-order valence-electron chi connectivity index (χ0n) is 15.4. The average Bonchev–Trinajstić information content (AvgIpc) is 2.66. The van der Waals surface area contributed by atoms with Crippen LogP contribution in [0.2, 0.25) is 0 Å². The molecule has 1 N–H and O–H groups in total. The fourth-order valence-electron chi connectivity index (χ4n) is 2.40. The molecule has 0 heterocycles. The number of rotatable bonds is 10. The van der Waals surface area contributed by atoms with Crippen molar-refractivity contribution in [2.24, 2.45) is 0 Å². The standard InChI is InChI=1S/C20H25NO5/c1-4-25-16-6-8-17(9-7-16)26-12-11-21-20(22)14-15-5-10-18(23-2)19(13-15)24-3/h5-10,13H,4,11-12,14H2,1-3H3,(H,21,22). The summed E-state index contributed by atoms with van der Waals surface area (Å²) in [6.45, 7) is 3.40. The maximum atomic E-state index is 12.0. The third kappa shape index (κ3) is 5.88. The van der Waals surface area contributed by atoms with Crippen LogP contribution < -0.4 is 24.3 Å². The second-order valence-corrected chi connectivity index (χ2v) is 5.47. The second-order valence-electron chi connectivity index (χ2n) is 5.47.